The van der Waals surface area contributed by atoms with E-state index in [2.05, 4.69) is 33.2 Å². The van der Waals surface area contributed by atoms with E-state index in [0.29, 0.717) is 12.1 Å². The van der Waals surface area contributed by atoms with E-state index in [1.54, 1.807) is 6.07 Å². The van der Waals surface area contributed by atoms with E-state index in [0.717, 1.165) is 16.4 Å². The van der Waals surface area contributed by atoms with Crippen LogP contribution in [-0.2, 0) is 4.79 Å². The lowest BCUT2D eigenvalue weighted by molar-refractivity contribution is -0.139. The van der Waals surface area contributed by atoms with Crippen molar-refractivity contribution in [2.45, 2.75) is 32.2 Å². The van der Waals surface area contributed by atoms with Crippen molar-refractivity contribution in [3.8, 4) is 0 Å². The molecule has 5 nitrogen and oxygen atoms in total. The summed E-state index contributed by atoms with van der Waals surface area (Å²) in [6, 6.07) is 5.97. The summed E-state index contributed by atoms with van der Waals surface area (Å²) in [6.07, 6.45) is 2.09. The highest BCUT2D eigenvalue weighted by Gasteiger charge is 2.19. The molecule has 0 radical (unpaired) electrons. The zero-order valence-electron chi connectivity index (χ0n) is 10.6. The molecule has 0 unspecified atom stereocenters. The smallest absolute Gasteiger partial charge is 0.326 e. The Kier molecular flexibility index (Phi) is 6.61. The molecule has 0 fully saturated rings. The normalized spacial score (nSPS) is 11.7. The highest BCUT2D eigenvalue weighted by Crippen LogP contribution is 2.16. The Morgan fingerprint density at radius 1 is 1.37 bits per heavy atom. The lowest BCUT2D eigenvalue weighted by atomic mass is 10.1. The number of aliphatic carboxylic acids is 1. The number of carbonyl (C=O) groups is 2. The van der Waals surface area contributed by atoms with Crippen molar-refractivity contribution >= 4 is 40.3 Å². The van der Waals surface area contributed by atoms with Gasteiger partial charge >= 0.3 is 12.0 Å². The topological polar surface area (TPSA) is 78.4 Å². The highest BCUT2D eigenvalue weighted by atomic mass is 127. The molecule has 0 heterocycles. The molecule has 19 heavy (non-hydrogen) atoms. The Hall–Kier alpha value is -1.31. The van der Waals surface area contributed by atoms with Gasteiger partial charge in [-0.1, -0.05) is 31.9 Å². The second-order valence-corrected chi connectivity index (χ2v) is 5.27. The van der Waals surface area contributed by atoms with Gasteiger partial charge in [-0.05, 0) is 41.1 Å². The van der Waals surface area contributed by atoms with Gasteiger partial charge in [-0.15, -0.1) is 0 Å². The van der Waals surface area contributed by atoms with Crippen LogP contribution in [0, 0.1) is 3.57 Å². The molecule has 6 heteroatoms. The van der Waals surface area contributed by atoms with Crippen LogP contribution in [0.25, 0.3) is 0 Å². The van der Waals surface area contributed by atoms with Gasteiger partial charge in [-0.3, -0.25) is 0 Å². The highest BCUT2D eigenvalue weighted by molar-refractivity contribution is 14.1. The molecule has 3 N–H and O–H groups in total. The van der Waals surface area contributed by atoms with Gasteiger partial charge in [0.1, 0.15) is 6.04 Å². The number of amides is 2. The number of urea groups is 1. The number of nitrogens with one attached hydrogen (secondary N) is 2. The maximum atomic E-state index is 11.8. The zero-order chi connectivity index (χ0) is 14.3. The maximum Gasteiger partial charge on any atom is 0.326 e. The minimum Gasteiger partial charge on any atom is -0.480 e. The van der Waals surface area contributed by atoms with Crippen molar-refractivity contribution in [3.63, 3.8) is 0 Å². The first-order valence-corrected chi connectivity index (χ1v) is 7.17. The molecular formula is C13H17IN2O3. The van der Waals surface area contributed by atoms with Crippen LogP contribution >= 0.6 is 22.6 Å². The summed E-state index contributed by atoms with van der Waals surface area (Å²) >= 11 is 2.10. The maximum absolute atomic E-state index is 11.8. The molecule has 0 aliphatic heterocycles. The van der Waals surface area contributed by atoms with Crippen molar-refractivity contribution in [2.24, 2.45) is 0 Å². The average molecular weight is 376 g/mol. The molecule has 0 aromatic heterocycles. The summed E-state index contributed by atoms with van der Waals surface area (Å²) in [5.41, 5.74) is 0.667. The number of anilines is 1. The molecule has 1 rings (SSSR count). The Bertz CT molecular complexity index is 451. The molecule has 1 atom stereocenters. The van der Waals surface area contributed by atoms with Gasteiger partial charge in [0.05, 0.1) is 5.69 Å². The Balaban J connectivity index is 2.58. The van der Waals surface area contributed by atoms with E-state index >= 15 is 0 Å². The standard InChI is InChI=1S/C13H17IN2O3/c1-2-3-7-11(12(17)18)16-13(19)15-10-8-5-4-6-9(10)14/h4-6,8,11H,2-3,7H2,1H3,(H,17,18)(H2,15,16,19)/t11-/m0/s1. The van der Waals surface area contributed by atoms with Crippen molar-refractivity contribution in [3.05, 3.63) is 27.8 Å². The third-order valence-electron chi connectivity index (χ3n) is 2.57. The minimum absolute atomic E-state index is 0.436. The van der Waals surface area contributed by atoms with Crippen molar-refractivity contribution in [1.29, 1.82) is 0 Å². The van der Waals surface area contributed by atoms with Gasteiger partial charge in [0.15, 0.2) is 0 Å². The quantitative estimate of drug-likeness (QED) is 0.668. The Morgan fingerprint density at radius 3 is 2.63 bits per heavy atom. The SMILES string of the molecule is CCCC[C@H](NC(=O)Nc1ccccc1I)C(=O)O. The van der Waals surface area contributed by atoms with Crippen molar-refractivity contribution < 1.29 is 14.7 Å². The minimum atomic E-state index is -1.01. The number of benzene rings is 1. The van der Waals surface area contributed by atoms with Crippen molar-refractivity contribution in [1.82, 2.24) is 5.32 Å². The molecule has 1 aromatic rings. The van der Waals surface area contributed by atoms with Crippen molar-refractivity contribution in [2.75, 3.05) is 5.32 Å². The monoisotopic (exact) mass is 376 g/mol. The molecule has 0 saturated heterocycles. The van der Waals surface area contributed by atoms with Gasteiger partial charge in [0, 0.05) is 3.57 Å². The van der Waals surface area contributed by atoms with E-state index in [1.165, 1.54) is 0 Å². The Morgan fingerprint density at radius 2 is 2.05 bits per heavy atom. The third kappa shape index (κ3) is 5.46. The zero-order valence-corrected chi connectivity index (χ0v) is 12.8. The molecule has 104 valence electrons. The molecule has 2 amide bonds. The van der Waals surface area contributed by atoms with Gasteiger partial charge in [-0.25, -0.2) is 9.59 Å². The molecular weight excluding hydrogens is 359 g/mol. The van der Waals surface area contributed by atoms with E-state index in [9.17, 15) is 9.59 Å². The second-order valence-electron chi connectivity index (χ2n) is 4.11. The molecule has 0 saturated carbocycles. The van der Waals surface area contributed by atoms with Crippen LogP contribution in [0.15, 0.2) is 24.3 Å². The number of hydrogen-bond donors (Lipinski definition) is 3. The van der Waals surface area contributed by atoms with Gasteiger partial charge in [0.2, 0.25) is 0 Å². The summed E-state index contributed by atoms with van der Waals surface area (Å²) in [5, 5.41) is 14.2. The van der Waals surface area contributed by atoms with Crippen LogP contribution in [0.3, 0.4) is 0 Å². The first kappa shape index (κ1) is 15.7. The largest absolute Gasteiger partial charge is 0.480 e. The number of carbonyl (C=O) groups excluding carboxylic acids is 1. The number of hydrogen-bond acceptors (Lipinski definition) is 2. The summed E-state index contributed by atoms with van der Waals surface area (Å²) < 4.78 is 0.899. The van der Waals surface area contributed by atoms with Gasteiger partial charge in [0.25, 0.3) is 0 Å². The number of unbranched alkanes of at least 4 members (excludes halogenated alkanes) is 1. The summed E-state index contributed by atoms with van der Waals surface area (Å²) in [6.45, 7) is 1.98. The van der Waals surface area contributed by atoms with Crippen LogP contribution in [0.1, 0.15) is 26.2 Å². The first-order valence-electron chi connectivity index (χ1n) is 6.09. The first-order chi connectivity index (χ1) is 9.04. The fraction of sp³-hybridized carbons (Fsp3) is 0.385. The fourth-order valence-electron chi connectivity index (χ4n) is 1.54. The predicted octanol–water partition coefficient (Wildman–Crippen LogP) is 3.06. The average Bonchev–Trinajstić information content (AvgIpc) is 2.37. The van der Waals surface area contributed by atoms with Crippen LogP contribution in [-0.4, -0.2) is 23.1 Å². The van der Waals surface area contributed by atoms with Crippen LogP contribution in [0.2, 0.25) is 0 Å². The molecule has 0 spiro atoms. The predicted molar refractivity (Wildman–Crippen MR) is 82.3 cm³/mol. The number of halogens is 1. The van der Waals surface area contributed by atoms with E-state index in [1.807, 2.05) is 25.1 Å². The molecule has 0 bridgehead atoms. The lowest BCUT2D eigenvalue weighted by Crippen LogP contribution is -2.43. The van der Waals surface area contributed by atoms with Crippen LogP contribution in [0.4, 0.5) is 10.5 Å². The summed E-state index contributed by atoms with van der Waals surface area (Å²) in [4.78, 5) is 22.8. The van der Waals surface area contributed by atoms with E-state index in [-0.39, 0.29) is 0 Å². The fourth-order valence-corrected chi connectivity index (χ4v) is 2.07. The number of para-hydroxylation sites is 1. The molecule has 0 aliphatic carbocycles. The molecule has 1 aromatic carbocycles. The van der Waals surface area contributed by atoms with E-state index < -0.39 is 18.0 Å². The number of carboxylic acids is 1. The van der Waals surface area contributed by atoms with Gasteiger partial charge in [-0.2, -0.15) is 0 Å². The number of carboxylic acid groups (broad SMARTS) is 1. The number of rotatable bonds is 6. The third-order valence-corrected chi connectivity index (χ3v) is 3.51. The summed E-state index contributed by atoms with van der Waals surface area (Å²) in [7, 11) is 0. The lowest BCUT2D eigenvalue weighted by Gasteiger charge is -2.15. The second kappa shape index (κ2) is 7.98. The van der Waals surface area contributed by atoms with E-state index in [4.69, 9.17) is 5.11 Å². The van der Waals surface area contributed by atoms with Gasteiger partial charge < -0.3 is 15.7 Å². The Labute approximate surface area is 125 Å². The molecule has 0 aliphatic rings. The summed E-state index contributed by atoms with van der Waals surface area (Å²) in [5.74, 6) is -1.01. The van der Waals surface area contributed by atoms with Crippen LogP contribution < -0.4 is 10.6 Å². The van der Waals surface area contributed by atoms with Crippen LogP contribution in [0.5, 0.6) is 0 Å².